The number of hydrogen-bond donors (Lipinski definition) is 2. The Balaban J connectivity index is 2.03. The fourth-order valence-electron chi connectivity index (χ4n) is 2.20. The van der Waals surface area contributed by atoms with Gasteiger partial charge in [-0.05, 0) is 24.3 Å². The van der Waals surface area contributed by atoms with Crippen molar-refractivity contribution in [3.8, 4) is 11.5 Å². The molecule has 2 heterocycles. The molecule has 0 aliphatic carbocycles. The highest BCUT2D eigenvalue weighted by atomic mass is 32.1. The lowest BCUT2D eigenvalue weighted by Gasteiger charge is -2.04. The number of hydrogen-bond acceptors (Lipinski definition) is 6. The summed E-state index contributed by atoms with van der Waals surface area (Å²) >= 11 is 1.13. The molecule has 6 nitrogen and oxygen atoms in total. The van der Waals surface area contributed by atoms with Crippen LogP contribution in [0.4, 0.5) is 0 Å². The first kappa shape index (κ1) is 16.7. The van der Waals surface area contributed by atoms with E-state index < -0.39 is 0 Å². The summed E-state index contributed by atoms with van der Waals surface area (Å²) in [5, 5.41) is 10.1. The predicted molar refractivity (Wildman–Crippen MR) is 95.4 cm³/mol. The number of carbonyl (C=O) groups is 1. The first-order valence-electron chi connectivity index (χ1n) is 7.31. The van der Waals surface area contributed by atoms with E-state index in [0.717, 1.165) is 11.3 Å². The van der Waals surface area contributed by atoms with Gasteiger partial charge in [-0.15, -0.1) is 11.3 Å². The number of rotatable bonds is 4. The molecule has 2 N–H and O–H groups in total. The Hall–Kier alpha value is -3.19. The molecule has 0 saturated carbocycles. The first-order chi connectivity index (χ1) is 12.1. The highest BCUT2D eigenvalue weighted by molar-refractivity contribution is 7.07. The molecule has 7 heteroatoms. The topological polar surface area (TPSA) is 92.3 Å². The molecule has 0 aliphatic rings. The van der Waals surface area contributed by atoms with Crippen LogP contribution in [-0.4, -0.2) is 28.0 Å². The Morgan fingerprint density at radius 3 is 2.76 bits per heavy atom. The van der Waals surface area contributed by atoms with Gasteiger partial charge in [-0.1, -0.05) is 12.1 Å². The molecule has 0 bridgehead atoms. The number of para-hydroxylation sites is 1. The molecule has 0 amide bonds. The molecule has 0 radical (unpaired) electrons. The lowest BCUT2D eigenvalue weighted by Crippen LogP contribution is -2.20. The van der Waals surface area contributed by atoms with Crippen molar-refractivity contribution >= 4 is 29.3 Å². The highest BCUT2D eigenvalue weighted by Gasteiger charge is 2.06. The van der Waals surface area contributed by atoms with Crippen LogP contribution in [0.3, 0.4) is 0 Å². The molecule has 25 heavy (non-hydrogen) atoms. The van der Waals surface area contributed by atoms with Gasteiger partial charge in [0.15, 0.2) is 17.3 Å². The van der Waals surface area contributed by atoms with Gasteiger partial charge in [0.1, 0.15) is 0 Å². The van der Waals surface area contributed by atoms with Gasteiger partial charge in [0.05, 0.1) is 16.3 Å². The van der Waals surface area contributed by atoms with Crippen LogP contribution in [-0.2, 0) is 0 Å². The second kappa shape index (κ2) is 7.14. The predicted octanol–water partition coefficient (Wildman–Crippen LogP) is 1.04. The molecule has 3 aromatic rings. The largest absolute Gasteiger partial charge is 0.504 e. The number of aromatic nitrogens is 2. The summed E-state index contributed by atoms with van der Waals surface area (Å²) in [6.45, 7) is 0. The average Bonchev–Trinajstić information content (AvgIpc) is 2.96. The maximum atomic E-state index is 12.2. The number of benzene rings is 1. The molecule has 1 aromatic carbocycles. The third-order valence-electron chi connectivity index (χ3n) is 3.44. The normalized spacial score (nSPS) is 12.4. The van der Waals surface area contributed by atoms with E-state index in [1.54, 1.807) is 36.4 Å². The summed E-state index contributed by atoms with van der Waals surface area (Å²) in [4.78, 5) is 30.8. The smallest absolute Gasteiger partial charge is 0.266 e. The molecule has 0 atom stereocenters. The number of aromatic amines is 1. The summed E-state index contributed by atoms with van der Waals surface area (Å²) in [5.74, 6) is 0.0493. The molecule has 126 valence electrons. The molecular weight excluding hydrogens is 340 g/mol. The van der Waals surface area contributed by atoms with Crippen molar-refractivity contribution in [1.29, 1.82) is 0 Å². The zero-order valence-electron chi connectivity index (χ0n) is 13.2. The van der Waals surface area contributed by atoms with Gasteiger partial charge in [0.2, 0.25) is 0 Å². The van der Waals surface area contributed by atoms with Crippen molar-refractivity contribution < 1.29 is 14.6 Å². The highest BCUT2D eigenvalue weighted by Crippen LogP contribution is 2.29. The number of pyridine rings is 1. The van der Waals surface area contributed by atoms with E-state index in [1.807, 2.05) is 0 Å². The number of phenols is 1. The molecule has 0 spiro atoms. The van der Waals surface area contributed by atoms with Gasteiger partial charge < -0.3 is 14.8 Å². The molecular formula is C18H14N2O4S. The quantitative estimate of drug-likeness (QED) is 0.683. The maximum absolute atomic E-state index is 12.2. The van der Waals surface area contributed by atoms with Gasteiger partial charge in [-0.3, -0.25) is 14.6 Å². The van der Waals surface area contributed by atoms with Crippen LogP contribution < -0.4 is 19.5 Å². The van der Waals surface area contributed by atoms with Crippen molar-refractivity contribution in [3.05, 3.63) is 73.4 Å². The van der Waals surface area contributed by atoms with Gasteiger partial charge >= 0.3 is 0 Å². The summed E-state index contributed by atoms with van der Waals surface area (Å²) in [6, 6.07) is 8.21. The van der Waals surface area contributed by atoms with Crippen molar-refractivity contribution in [3.63, 3.8) is 0 Å². The Bertz CT molecular complexity index is 1080. The number of nitrogens with one attached hydrogen (secondary N) is 1. The van der Waals surface area contributed by atoms with Crippen LogP contribution in [0.25, 0.3) is 12.2 Å². The molecule has 0 unspecified atom stereocenters. The third-order valence-corrected chi connectivity index (χ3v) is 4.41. The van der Waals surface area contributed by atoms with Crippen molar-refractivity contribution in [2.45, 2.75) is 0 Å². The lowest BCUT2D eigenvalue weighted by atomic mass is 10.2. The standard InChI is InChI=1S/C18H14N2O4S/c1-24-14-4-2-3-12(17(14)22)9-15-18(23)20-16(25-15)10-13(21)11-5-7-19-8-6-11/h2-10,22H,1H3,(H,20,23). The average molecular weight is 354 g/mol. The summed E-state index contributed by atoms with van der Waals surface area (Å²) in [5.41, 5.74) is 0.611. The Kier molecular flexibility index (Phi) is 4.76. The van der Waals surface area contributed by atoms with E-state index >= 15 is 0 Å². The van der Waals surface area contributed by atoms with Gasteiger partial charge in [0, 0.05) is 29.6 Å². The number of aromatic hydroxyl groups is 1. The molecule has 0 saturated heterocycles. The van der Waals surface area contributed by atoms with Crippen LogP contribution >= 0.6 is 11.3 Å². The zero-order valence-corrected chi connectivity index (χ0v) is 14.0. The van der Waals surface area contributed by atoms with E-state index in [-0.39, 0.29) is 17.1 Å². The number of H-pyrrole nitrogens is 1. The van der Waals surface area contributed by atoms with Gasteiger partial charge in [0.25, 0.3) is 5.56 Å². The van der Waals surface area contributed by atoms with Crippen LogP contribution in [0.2, 0.25) is 0 Å². The van der Waals surface area contributed by atoms with E-state index in [4.69, 9.17) is 4.74 Å². The number of carbonyl (C=O) groups excluding carboxylic acids is 1. The molecule has 0 aliphatic heterocycles. The summed E-state index contributed by atoms with van der Waals surface area (Å²) in [7, 11) is 1.45. The molecule has 0 fully saturated rings. The van der Waals surface area contributed by atoms with Gasteiger partial charge in [-0.2, -0.15) is 0 Å². The summed E-state index contributed by atoms with van der Waals surface area (Å²) < 4.78 is 5.86. The SMILES string of the molecule is COc1cccc(C=c2sc(=CC(=O)c3ccncc3)[nH]c2=O)c1O. The lowest BCUT2D eigenvalue weighted by molar-refractivity contribution is 0.106. The van der Waals surface area contributed by atoms with Crippen molar-refractivity contribution in [2.75, 3.05) is 7.11 Å². The number of phenolic OH excluding ortho intramolecular Hbond substituents is 1. The monoisotopic (exact) mass is 354 g/mol. The Morgan fingerprint density at radius 2 is 2.04 bits per heavy atom. The number of ether oxygens (including phenoxy) is 1. The minimum atomic E-state index is -0.332. The first-order valence-corrected chi connectivity index (χ1v) is 8.13. The zero-order chi connectivity index (χ0) is 17.8. The number of methoxy groups -OCH3 is 1. The van der Waals surface area contributed by atoms with Crippen LogP contribution in [0.1, 0.15) is 15.9 Å². The van der Waals surface area contributed by atoms with Gasteiger partial charge in [-0.25, -0.2) is 0 Å². The van der Waals surface area contributed by atoms with Crippen LogP contribution in [0.5, 0.6) is 11.5 Å². The number of thiazole rings is 1. The maximum Gasteiger partial charge on any atom is 0.266 e. The number of Topliss-reactive ketones (excluding diaryl/α,β-unsaturated/α-hetero) is 1. The number of nitrogens with zero attached hydrogens (tertiary/aromatic N) is 1. The second-order valence-electron chi connectivity index (χ2n) is 5.07. The van der Waals surface area contributed by atoms with Crippen LogP contribution in [0, 0.1) is 0 Å². The molecule has 2 aromatic heterocycles. The third kappa shape index (κ3) is 3.67. The number of ketones is 1. The van der Waals surface area contributed by atoms with E-state index in [0.29, 0.717) is 26.1 Å². The second-order valence-corrected chi connectivity index (χ2v) is 6.16. The minimum absolute atomic E-state index is 0.0452. The van der Waals surface area contributed by atoms with E-state index in [1.165, 1.54) is 25.6 Å². The fourth-order valence-corrected chi connectivity index (χ4v) is 3.08. The summed E-state index contributed by atoms with van der Waals surface area (Å²) in [6.07, 6.45) is 5.98. The Morgan fingerprint density at radius 1 is 1.28 bits per heavy atom. The van der Waals surface area contributed by atoms with Crippen LogP contribution in [0.15, 0.2) is 47.5 Å². The van der Waals surface area contributed by atoms with Crippen molar-refractivity contribution in [1.82, 2.24) is 9.97 Å². The van der Waals surface area contributed by atoms with E-state index in [9.17, 15) is 14.7 Å². The van der Waals surface area contributed by atoms with Crippen molar-refractivity contribution in [2.24, 2.45) is 0 Å². The molecule has 3 rings (SSSR count). The minimum Gasteiger partial charge on any atom is -0.504 e. The fraction of sp³-hybridized carbons (Fsp3) is 0.0556. The van der Waals surface area contributed by atoms with E-state index in [2.05, 4.69) is 9.97 Å². The Labute approximate surface area is 146 Å².